The van der Waals surface area contributed by atoms with Crippen molar-refractivity contribution in [3.05, 3.63) is 37.9 Å². The maximum Gasteiger partial charge on any atom is 0.340 e. The van der Waals surface area contributed by atoms with Gasteiger partial charge < -0.3 is 9.64 Å². The highest BCUT2D eigenvalue weighted by Gasteiger charge is 2.34. The van der Waals surface area contributed by atoms with E-state index in [4.69, 9.17) is 4.74 Å². The van der Waals surface area contributed by atoms with Gasteiger partial charge in [0.1, 0.15) is 5.69 Å². The molecule has 0 spiro atoms. The van der Waals surface area contributed by atoms with Crippen molar-refractivity contribution in [2.75, 3.05) is 38.2 Å². The largest absolute Gasteiger partial charge is 0.465 e. The summed E-state index contributed by atoms with van der Waals surface area (Å²) in [4.78, 5) is 37.8. The Balaban J connectivity index is 1.87. The first-order valence-corrected chi connectivity index (χ1v) is 9.86. The van der Waals surface area contributed by atoms with Crippen molar-refractivity contribution in [3.8, 4) is 0 Å². The fourth-order valence-electron chi connectivity index (χ4n) is 4.37. The van der Waals surface area contributed by atoms with Crippen LogP contribution < -0.4 is 4.90 Å². The third kappa shape index (κ3) is 4.47. The second-order valence-electron chi connectivity index (χ2n) is 7.80. The van der Waals surface area contributed by atoms with Gasteiger partial charge >= 0.3 is 5.97 Å². The molecular weight excluding hydrogens is 380 g/mol. The van der Waals surface area contributed by atoms with Crippen molar-refractivity contribution in [1.29, 1.82) is 0 Å². The van der Waals surface area contributed by atoms with Crippen molar-refractivity contribution in [3.63, 3.8) is 0 Å². The van der Waals surface area contributed by atoms with Gasteiger partial charge in [0.2, 0.25) is 0 Å². The number of carbonyl (C=O) groups excluding carboxylic acids is 1. The minimum absolute atomic E-state index is 0.101. The molecule has 1 aromatic rings. The lowest BCUT2D eigenvalue weighted by molar-refractivity contribution is -0.393. The molecular formula is C19H26N4O6. The lowest BCUT2D eigenvalue weighted by Gasteiger charge is -2.42. The van der Waals surface area contributed by atoms with Crippen LogP contribution in [0.5, 0.6) is 0 Å². The van der Waals surface area contributed by atoms with E-state index in [0.29, 0.717) is 19.1 Å². The minimum atomic E-state index is -0.824. The van der Waals surface area contributed by atoms with Gasteiger partial charge in [-0.05, 0) is 31.6 Å². The van der Waals surface area contributed by atoms with Gasteiger partial charge in [0.15, 0.2) is 0 Å². The van der Waals surface area contributed by atoms with E-state index in [1.54, 1.807) is 4.90 Å². The predicted molar refractivity (Wildman–Crippen MR) is 106 cm³/mol. The van der Waals surface area contributed by atoms with Crippen molar-refractivity contribution >= 4 is 23.0 Å². The molecule has 10 heteroatoms. The van der Waals surface area contributed by atoms with E-state index >= 15 is 0 Å². The Kier molecular flexibility index (Phi) is 6.31. The molecule has 29 heavy (non-hydrogen) atoms. The zero-order valence-corrected chi connectivity index (χ0v) is 16.7. The Morgan fingerprint density at radius 3 is 2.17 bits per heavy atom. The summed E-state index contributed by atoms with van der Waals surface area (Å²) >= 11 is 0. The van der Waals surface area contributed by atoms with Crippen molar-refractivity contribution in [2.45, 2.75) is 38.6 Å². The highest BCUT2D eigenvalue weighted by Crippen LogP contribution is 2.38. The molecule has 2 fully saturated rings. The van der Waals surface area contributed by atoms with E-state index in [1.807, 2.05) is 0 Å². The summed E-state index contributed by atoms with van der Waals surface area (Å²) in [6.07, 6.45) is 4.74. The van der Waals surface area contributed by atoms with E-state index in [-0.39, 0.29) is 11.3 Å². The first-order valence-electron chi connectivity index (χ1n) is 9.86. The molecule has 10 nitrogen and oxygen atoms in total. The van der Waals surface area contributed by atoms with E-state index in [1.165, 1.54) is 12.8 Å². The second-order valence-corrected chi connectivity index (χ2v) is 7.80. The SMILES string of the molecule is COC(=O)c1cc([N+](=O)[O-])cc([N+](=O)[O-])c1N1CCN(C2CCC(C)CC2)CC1. The molecule has 0 unspecified atom stereocenters. The van der Waals surface area contributed by atoms with E-state index in [0.717, 1.165) is 51.1 Å². The van der Waals surface area contributed by atoms with Crippen LogP contribution in [0.3, 0.4) is 0 Å². The zero-order chi connectivity index (χ0) is 21.1. The quantitative estimate of drug-likeness (QED) is 0.416. The van der Waals surface area contributed by atoms with Gasteiger partial charge in [-0.3, -0.25) is 25.1 Å². The van der Waals surface area contributed by atoms with Gasteiger partial charge in [0, 0.05) is 38.3 Å². The smallest absolute Gasteiger partial charge is 0.340 e. The molecule has 1 heterocycles. The van der Waals surface area contributed by atoms with Gasteiger partial charge in [-0.1, -0.05) is 6.92 Å². The molecule has 0 aromatic heterocycles. The van der Waals surface area contributed by atoms with Crippen LogP contribution in [0.25, 0.3) is 0 Å². The zero-order valence-electron chi connectivity index (χ0n) is 16.7. The van der Waals surface area contributed by atoms with Crippen LogP contribution >= 0.6 is 0 Å². The van der Waals surface area contributed by atoms with Crippen LogP contribution in [0.2, 0.25) is 0 Å². The fourth-order valence-corrected chi connectivity index (χ4v) is 4.37. The molecule has 1 saturated heterocycles. The van der Waals surface area contributed by atoms with Crippen LogP contribution in [0.1, 0.15) is 43.0 Å². The Labute approximate surface area is 168 Å². The third-order valence-electron chi connectivity index (χ3n) is 6.02. The average molecular weight is 406 g/mol. The summed E-state index contributed by atoms with van der Waals surface area (Å²) in [5.74, 6) is -0.0617. The molecule has 1 saturated carbocycles. The minimum Gasteiger partial charge on any atom is -0.465 e. The number of carbonyl (C=O) groups is 1. The Morgan fingerprint density at radius 1 is 1.03 bits per heavy atom. The normalized spacial score (nSPS) is 22.9. The lowest BCUT2D eigenvalue weighted by Crippen LogP contribution is -2.51. The first-order chi connectivity index (χ1) is 13.8. The topological polar surface area (TPSA) is 119 Å². The summed E-state index contributed by atoms with van der Waals surface area (Å²) in [6.45, 7) is 4.75. The molecule has 0 bridgehead atoms. The highest BCUT2D eigenvalue weighted by molar-refractivity contribution is 5.99. The molecule has 158 valence electrons. The number of esters is 1. The number of methoxy groups -OCH3 is 1. The number of nitro groups is 2. The third-order valence-corrected chi connectivity index (χ3v) is 6.02. The highest BCUT2D eigenvalue weighted by atomic mass is 16.6. The van der Waals surface area contributed by atoms with Gasteiger partial charge in [0.25, 0.3) is 11.4 Å². The van der Waals surface area contributed by atoms with Gasteiger partial charge in [-0.25, -0.2) is 4.79 Å². The first kappa shape index (κ1) is 21.0. The van der Waals surface area contributed by atoms with E-state index in [2.05, 4.69) is 11.8 Å². The molecule has 0 N–H and O–H groups in total. The maximum atomic E-state index is 12.3. The fraction of sp³-hybridized carbons (Fsp3) is 0.632. The Hall–Kier alpha value is -2.75. The lowest BCUT2D eigenvalue weighted by atomic mass is 9.86. The standard InChI is InChI=1S/C19H26N4O6/c1-13-3-5-14(6-4-13)20-7-9-21(10-8-20)18-16(19(24)29-2)11-15(22(25)26)12-17(18)23(27)28/h11-14H,3-10H2,1-2H3. The number of hydrogen-bond acceptors (Lipinski definition) is 8. The molecule has 1 aliphatic carbocycles. The van der Waals surface area contributed by atoms with Crippen LogP contribution in [0.4, 0.5) is 17.1 Å². The number of piperazine rings is 1. The number of rotatable bonds is 5. The summed E-state index contributed by atoms with van der Waals surface area (Å²) in [5.41, 5.74) is -0.993. The van der Waals surface area contributed by atoms with Gasteiger partial charge in [-0.2, -0.15) is 0 Å². The molecule has 3 rings (SSSR count). The number of hydrogen-bond donors (Lipinski definition) is 0. The number of anilines is 1. The van der Waals surface area contributed by atoms with Crippen LogP contribution in [0.15, 0.2) is 12.1 Å². The number of benzene rings is 1. The number of nitrogens with zero attached hydrogens (tertiary/aromatic N) is 4. The Bertz CT molecular complexity index is 798. The molecule has 1 aromatic carbocycles. The number of non-ortho nitro benzene ring substituents is 1. The Morgan fingerprint density at radius 2 is 1.66 bits per heavy atom. The van der Waals surface area contributed by atoms with Crippen molar-refractivity contribution in [1.82, 2.24) is 4.90 Å². The van der Waals surface area contributed by atoms with Crippen LogP contribution in [-0.4, -0.2) is 60.0 Å². The van der Waals surface area contributed by atoms with Crippen LogP contribution in [0, 0.1) is 26.1 Å². The maximum absolute atomic E-state index is 12.3. The average Bonchev–Trinajstić information content (AvgIpc) is 2.72. The second kappa shape index (κ2) is 8.73. The summed E-state index contributed by atoms with van der Waals surface area (Å²) < 4.78 is 4.74. The number of nitro benzene ring substituents is 2. The van der Waals surface area contributed by atoms with Crippen LogP contribution in [-0.2, 0) is 4.74 Å². The van der Waals surface area contributed by atoms with E-state index in [9.17, 15) is 25.0 Å². The molecule has 2 aliphatic rings. The molecule has 1 aliphatic heterocycles. The summed E-state index contributed by atoms with van der Waals surface area (Å²) in [6, 6.07) is 2.50. The molecule has 0 radical (unpaired) electrons. The van der Waals surface area contributed by atoms with Gasteiger partial charge in [-0.15, -0.1) is 0 Å². The molecule has 0 atom stereocenters. The summed E-state index contributed by atoms with van der Waals surface area (Å²) in [7, 11) is 1.15. The monoisotopic (exact) mass is 406 g/mol. The van der Waals surface area contributed by atoms with Crippen molar-refractivity contribution in [2.24, 2.45) is 5.92 Å². The summed E-state index contributed by atoms with van der Waals surface area (Å²) in [5, 5.41) is 22.8. The van der Waals surface area contributed by atoms with Crippen molar-refractivity contribution < 1.29 is 19.4 Å². The molecule has 0 amide bonds. The predicted octanol–water partition coefficient (Wildman–Crippen LogP) is 2.99. The number of ether oxygens (including phenoxy) is 1. The van der Waals surface area contributed by atoms with Gasteiger partial charge in [0.05, 0.1) is 28.6 Å². The van der Waals surface area contributed by atoms with E-state index < -0.39 is 27.2 Å².